The number of nitrogens with zero attached hydrogens (tertiary/aromatic N) is 1. The molecule has 0 amide bonds. The van der Waals surface area contributed by atoms with E-state index in [-0.39, 0.29) is 0 Å². The second-order valence-electron chi connectivity index (χ2n) is 7.23. The number of pyridine rings is 1. The number of aryl methyl sites for hydroxylation is 2. The van der Waals surface area contributed by atoms with E-state index < -0.39 is 0 Å². The van der Waals surface area contributed by atoms with Gasteiger partial charge in [-0.15, -0.1) is 0 Å². The fraction of sp³-hybridized carbons (Fsp3) is 0.160. The zero-order valence-electron chi connectivity index (χ0n) is 15.4. The maximum absolute atomic E-state index is 6.44. The van der Waals surface area contributed by atoms with Crippen molar-refractivity contribution >= 4 is 10.9 Å². The van der Waals surface area contributed by atoms with E-state index in [1.54, 1.807) is 0 Å². The van der Waals surface area contributed by atoms with Gasteiger partial charge >= 0.3 is 0 Å². The Morgan fingerprint density at radius 1 is 0.815 bits per heavy atom. The lowest BCUT2D eigenvalue weighted by atomic mass is 10.1. The molecule has 132 valence electrons. The van der Waals surface area contributed by atoms with Crippen molar-refractivity contribution in [2.75, 3.05) is 0 Å². The summed E-state index contributed by atoms with van der Waals surface area (Å²) in [6.07, 6.45) is 3.24. The molecular weight excluding hydrogens is 330 g/mol. The largest absolute Gasteiger partial charge is 0.456 e. The molecule has 3 aromatic carbocycles. The lowest BCUT2D eigenvalue weighted by Crippen LogP contribution is -1.97. The predicted octanol–water partition coefficient (Wildman–Crippen LogP) is 6.49. The molecule has 0 saturated carbocycles. The van der Waals surface area contributed by atoms with Crippen molar-refractivity contribution in [1.82, 2.24) is 4.98 Å². The number of fused-ring (bicyclic) bond motifs is 2. The van der Waals surface area contributed by atoms with Crippen LogP contribution in [0, 0.1) is 6.92 Å². The summed E-state index contributed by atoms with van der Waals surface area (Å²) in [6.45, 7) is 2.12. The van der Waals surface area contributed by atoms with E-state index in [1.807, 2.05) is 6.07 Å². The summed E-state index contributed by atoms with van der Waals surface area (Å²) in [5.41, 5.74) is 7.14. The third-order valence-electron chi connectivity index (χ3n) is 5.30. The molecule has 0 bridgehead atoms. The van der Waals surface area contributed by atoms with Crippen LogP contribution in [0.4, 0.5) is 0 Å². The van der Waals surface area contributed by atoms with E-state index in [0.717, 1.165) is 41.7 Å². The molecule has 4 aromatic rings. The van der Waals surface area contributed by atoms with E-state index in [9.17, 15) is 0 Å². The van der Waals surface area contributed by atoms with Gasteiger partial charge in [0.05, 0.1) is 5.52 Å². The molecule has 0 N–H and O–H groups in total. The van der Waals surface area contributed by atoms with Crippen LogP contribution in [0.3, 0.4) is 0 Å². The van der Waals surface area contributed by atoms with Crippen LogP contribution in [0.2, 0.25) is 0 Å². The van der Waals surface area contributed by atoms with Gasteiger partial charge in [0, 0.05) is 16.6 Å². The minimum Gasteiger partial charge on any atom is -0.456 e. The number of hydrogen-bond donors (Lipinski definition) is 0. The normalized spacial score (nSPS) is 12.9. The maximum atomic E-state index is 6.44. The van der Waals surface area contributed by atoms with Crippen LogP contribution in [-0.2, 0) is 12.8 Å². The van der Waals surface area contributed by atoms with E-state index >= 15 is 0 Å². The van der Waals surface area contributed by atoms with Crippen LogP contribution in [0.1, 0.15) is 23.2 Å². The van der Waals surface area contributed by atoms with E-state index in [4.69, 9.17) is 9.72 Å². The van der Waals surface area contributed by atoms with Gasteiger partial charge in [0.25, 0.3) is 0 Å². The lowest BCUT2D eigenvalue weighted by molar-refractivity contribution is 0.482. The van der Waals surface area contributed by atoms with E-state index in [2.05, 4.69) is 73.7 Å². The molecule has 0 saturated heterocycles. The monoisotopic (exact) mass is 351 g/mol. The minimum atomic E-state index is 0.873. The summed E-state index contributed by atoms with van der Waals surface area (Å²) in [5, 5.41) is 1.11. The third-order valence-corrected chi connectivity index (χ3v) is 5.30. The molecule has 0 aliphatic heterocycles. The van der Waals surface area contributed by atoms with E-state index in [1.165, 1.54) is 27.9 Å². The SMILES string of the molecule is Cc1ccc2nc3c(c(Oc4ccc(-c5ccccc5)cc4)c2c1)CCC3. The number of rotatable bonds is 3. The van der Waals surface area contributed by atoms with Crippen molar-refractivity contribution in [3.8, 4) is 22.6 Å². The van der Waals surface area contributed by atoms with Crippen LogP contribution < -0.4 is 4.74 Å². The molecule has 0 radical (unpaired) electrons. The van der Waals surface area contributed by atoms with Crippen LogP contribution in [0.5, 0.6) is 11.5 Å². The smallest absolute Gasteiger partial charge is 0.141 e. The second kappa shape index (κ2) is 6.55. The summed E-state index contributed by atoms with van der Waals surface area (Å²) in [7, 11) is 0. The molecule has 2 heteroatoms. The third kappa shape index (κ3) is 2.97. The van der Waals surface area contributed by atoms with Crippen molar-refractivity contribution in [2.45, 2.75) is 26.2 Å². The molecular formula is C25H21NO. The Morgan fingerprint density at radius 2 is 1.59 bits per heavy atom. The molecule has 0 unspecified atom stereocenters. The summed E-state index contributed by atoms with van der Waals surface area (Å²) in [6, 6.07) is 25.2. The van der Waals surface area contributed by atoms with Gasteiger partial charge in [-0.25, -0.2) is 0 Å². The summed E-state index contributed by atoms with van der Waals surface area (Å²) < 4.78 is 6.44. The van der Waals surface area contributed by atoms with Gasteiger partial charge in [0.15, 0.2) is 0 Å². The first-order valence-electron chi connectivity index (χ1n) is 9.53. The Kier molecular flexibility index (Phi) is 3.90. The first kappa shape index (κ1) is 16.1. The Morgan fingerprint density at radius 3 is 2.41 bits per heavy atom. The highest BCUT2D eigenvalue weighted by Gasteiger charge is 2.21. The lowest BCUT2D eigenvalue weighted by Gasteiger charge is -2.14. The number of aromatic nitrogens is 1. The van der Waals surface area contributed by atoms with Crippen LogP contribution in [-0.4, -0.2) is 4.98 Å². The maximum Gasteiger partial charge on any atom is 0.141 e. The Labute approximate surface area is 159 Å². The summed E-state index contributed by atoms with van der Waals surface area (Å²) >= 11 is 0. The fourth-order valence-corrected chi connectivity index (χ4v) is 3.91. The molecule has 27 heavy (non-hydrogen) atoms. The molecule has 1 aliphatic carbocycles. The standard InChI is InChI=1S/C25H21NO/c1-17-10-15-24-22(16-17)25(21-8-5-9-23(21)26-24)27-20-13-11-19(12-14-20)18-6-3-2-4-7-18/h2-4,6-7,10-16H,5,8-9H2,1H3. The number of benzene rings is 3. The second-order valence-corrected chi connectivity index (χ2v) is 7.23. The van der Waals surface area contributed by atoms with Gasteiger partial charge in [0.2, 0.25) is 0 Å². The van der Waals surface area contributed by atoms with Crippen LogP contribution in [0.25, 0.3) is 22.0 Å². The fourth-order valence-electron chi connectivity index (χ4n) is 3.91. The summed E-state index contributed by atoms with van der Waals surface area (Å²) in [5.74, 6) is 1.86. The Balaban J connectivity index is 1.56. The highest BCUT2D eigenvalue weighted by molar-refractivity contribution is 5.88. The first-order valence-corrected chi connectivity index (χ1v) is 9.53. The van der Waals surface area contributed by atoms with Gasteiger partial charge < -0.3 is 4.74 Å². The molecule has 2 nitrogen and oxygen atoms in total. The molecule has 1 heterocycles. The quantitative estimate of drug-likeness (QED) is 0.421. The van der Waals surface area contributed by atoms with Crippen molar-refractivity contribution in [3.05, 3.63) is 89.6 Å². The van der Waals surface area contributed by atoms with Crippen molar-refractivity contribution in [2.24, 2.45) is 0 Å². The van der Waals surface area contributed by atoms with Gasteiger partial charge in [-0.05, 0) is 61.6 Å². The molecule has 0 fully saturated rings. The molecule has 1 aromatic heterocycles. The minimum absolute atomic E-state index is 0.873. The number of ether oxygens (including phenoxy) is 1. The van der Waals surface area contributed by atoms with Crippen LogP contribution >= 0.6 is 0 Å². The summed E-state index contributed by atoms with van der Waals surface area (Å²) in [4.78, 5) is 4.87. The predicted molar refractivity (Wildman–Crippen MR) is 110 cm³/mol. The Bertz CT molecular complexity index is 1110. The van der Waals surface area contributed by atoms with Gasteiger partial charge in [-0.3, -0.25) is 4.98 Å². The van der Waals surface area contributed by atoms with Gasteiger partial charge in [0.1, 0.15) is 11.5 Å². The molecule has 0 atom stereocenters. The highest BCUT2D eigenvalue weighted by atomic mass is 16.5. The van der Waals surface area contributed by atoms with Crippen molar-refractivity contribution in [3.63, 3.8) is 0 Å². The molecule has 5 rings (SSSR count). The Hall–Kier alpha value is -3.13. The van der Waals surface area contributed by atoms with E-state index in [0.29, 0.717) is 0 Å². The average molecular weight is 351 g/mol. The topological polar surface area (TPSA) is 22.1 Å². The average Bonchev–Trinajstić information content (AvgIpc) is 3.18. The van der Waals surface area contributed by atoms with Crippen LogP contribution in [0.15, 0.2) is 72.8 Å². The van der Waals surface area contributed by atoms with Gasteiger partial charge in [-0.2, -0.15) is 0 Å². The van der Waals surface area contributed by atoms with Gasteiger partial charge in [-0.1, -0.05) is 54.1 Å². The van der Waals surface area contributed by atoms with Crippen molar-refractivity contribution in [1.29, 1.82) is 0 Å². The zero-order chi connectivity index (χ0) is 18.2. The molecule has 0 spiro atoms. The zero-order valence-corrected chi connectivity index (χ0v) is 15.4. The highest BCUT2D eigenvalue weighted by Crippen LogP contribution is 2.39. The number of hydrogen-bond acceptors (Lipinski definition) is 2. The van der Waals surface area contributed by atoms with Crippen molar-refractivity contribution < 1.29 is 4.74 Å². The molecule has 1 aliphatic rings. The first-order chi connectivity index (χ1) is 13.3.